The van der Waals surface area contributed by atoms with Crippen molar-refractivity contribution < 1.29 is 28.6 Å². The first-order chi connectivity index (χ1) is 11.3. The summed E-state index contributed by atoms with van der Waals surface area (Å²) in [6, 6.07) is 0. The summed E-state index contributed by atoms with van der Waals surface area (Å²) in [4.78, 5) is 37.1. The highest BCUT2D eigenvalue weighted by Gasteiger charge is 2.44. The molecule has 138 valence electrons. The number of methoxy groups -OCH3 is 1. The van der Waals surface area contributed by atoms with Gasteiger partial charge in [-0.05, 0) is 5.41 Å². The third-order valence-corrected chi connectivity index (χ3v) is 3.77. The second kappa shape index (κ2) is 9.71. The van der Waals surface area contributed by atoms with Crippen LogP contribution in [-0.4, -0.2) is 69.4 Å². The van der Waals surface area contributed by atoms with Crippen molar-refractivity contribution in [3.8, 4) is 0 Å². The summed E-state index contributed by atoms with van der Waals surface area (Å²) in [6.45, 7) is 7.21. The third-order valence-electron chi connectivity index (χ3n) is 3.77. The van der Waals surface area contributed by atoms with Crippen molar-refractivity contribution in [2.75, 3.05) is 46.8 Å². The monoisotopic (exact) mass is 344 g/mol. The second-order valence-electron chi connectivity index (χ2n) is 6.70. The average molecular weight is 344 g/mol. The largest absolute Gasteiger partial charge is 0.382 e. The van der Waals surface area contributed by atoms with E-state index >= 15 is 0 Å². The van der Waals surface area contributed by atoms with Crippen LogP contribution in [0.2, 0.25) is 0 Å². The highest BCUT2D eigenvalue weighted by atomic mass is 16.5. The summed E-state index contributed by atoms with van der Waals surface area (Å²) >= 11 is 0. The molecule has 1 rings (SSSR count). The molecule has 1 atom stereocenters. The van der Waals surface area contributed by atoms with Crippen LogP contribution in [0, 0.1) is 11.3 Å². The van der Waals surface area contributed by atoms with Crippen molar-refractivity contribution in [2.24, 2.45) is 11.3 Å². The van der Waals surface area contributed by atoms with E-state index in [1.807, 2.05) is 20.8 Å². The van der Waals surface area contributed by atoms with E-state index in [-0.39, 0.29) is 42.8 Å². The van der Waals surface area contributed by atoms with E-state index in [0.717, 1.165) is 4.90 Å². The van der Waals surface area contributed by atoms with Crippen molar-refractivity contribution in [1.29, 1.82) is 0 Å². The molecule has 1 N–H and O–H groups in total. The molecule has 0 aromatic rings. The van der Waals surface area contributed by atoms with Crippen LogP contribution >= 0.6 is 0 Å². The molecule has 1 aliphatic rings. The fourth-order valence-corrected chi connectivity index (χ4v) is 2.29. The SMILES string of the molecule is COCCOCCOCNC(=O)CN1C(=O)CC(C(C)(C)C)C1=O. The van der Waals surface area contributed by atoms with E-state index < -0.39 is 5.91 Å². The molecule has 0 aromatic carbocycles. The first-order valence-corrected chi connectivity index (χ1v) is 8.02. The fraction of sp³-hybridized carbons (Fsp3) is 0.812. The molecular formula is C16H28N2O6. The molecule has 1 saturated heterocycles. The minimum absolute atomic E-state index is 0.00535. The number of nitrogens with one attached hydrogen (secondary N) is 1. The Bertz CT molecular complexity index is 446. The summed E-state index contributed by atoms with van der Waals surface area (Å²) in [5.74, 6) is -1.39. The summed E-state index contributed by atoms with van der Waals surface area (Å²) in [5, 5.41) is 2.52. The number of carbonyl (C=O) groups is 3. The van der Waals surface area contributed by atoms with Crippen LogP contribution in [0.1, 0.15) is 27.2 Å². The molecule has 1 fully saturated rings. The van der Waals surface area contributed by atoms with Gasteiger partial charge in [0.1, 0.15) is 13.3 Å². The fourth-order valence-electron chi connectivity index (χ4n) is 2.29. The van der Waals surface area contributed by atoms with Gasteiger partial charge in [-0.15, -0.1) is 0 Å². The number of ether oxygens (including phenoxy) is 3. The maximum Gasteiger partial charge on any atom is 0.241 e. The van der Waals surface area contributed by atoms with Crippen molar-refractivity contribution in [3.63, 3.8) is 0 Å². The van der Waals surface area contributed by atoms with Crippen LogP contribution in [0.3, 0.4) is 0 Å². The lowest BCUT2D eigenvalue weighted by Gasteiger charge is -2.24. The maximum absolute atomic E-state index is 12.3. The van der Waals surface area contributed by atoms with Gasteiger partial charge in [-0.2, -0.15) is 0 Å². The summed E-state index contributed by atoms with van der Waals surface area (Å²) in [6.07, 6.45) is 0.158. The Morgan fingerprint density at radius 2 is 1.79 bits per heavy atom. The predicted molar refractivity (Wildman–Crippen MR) is 85.9 cm³/mol. The lowest BCUT2D eigenvalue weighted by atomic mass is 9.80. The Labute approximate surface area is 142 Å². The topological polar surface area (TPSA) is 94.2 Å². The molecule has 0 aliphatic carbocycles. The van der Waals surface area contributed by atoms with Gasteiger partial charge in [0, 0.05) is 13.5 Å². The number of hydrogen-bond donors (Lipinski definition) is 1. The van der Waals surface area contributed by atoms with E-state index in [4.69, 9.17) is 14.2 Å². The molecule has 1 aliphatic heterocycles. The van der Waals surface area contributed by atoms with E-state index in [0.29, 0.717) is 26.4 Å². The number of amides is 3. The second-order valence-corrected chi connectivity index (χ2v) is 6.70. The molecule has 24 heavy (non-hydrogen) atoms. The molecule has 0 saturated carbocycles. The van der Waals surface area contributed by atoms with Gasteiger partial charge in [0.25, 0.3) is 0 Å². The van der Waals surface area contributed by atoms with Crippen LogP contribution in [-0.2, 0) is 28.6 Å². The Kier molecular flexibility index (Phi) is 8.30. The van der Waals surface area contributed by atoms with Gasteiger partial charge in [0.05, 0.1) is 32.3 Å². The van der Waals surface area contributed by atoms with Gasteiger partial charge in [-0.3, -0.25) is 19.3 Å². The van der Waals surface area contributed by atoms with Gasteiger partial charge in [-0.25, -0.2) is 0 Å². The smallest absolute Gasteiger partial charge is 0.241 e. The minimum Gasteiger partial charge on any atom is -0.382 e. The molecule has 8 nitrogen and oxygen atoms in total. The number of carbonyl (C=O) groups excluding carboxylic acids is 3. The molecule has 8 heteroatoms. The van der Waals surface area contributed by atoms with E-state index in [1.54, 1.807) is 7.11 Å². The van der Waals surface area contributed by atoms with Crippen LogP contribution < -0.4 is 5.32 Å². The summed E-state index contributed by atoms with van der Waals surface area (Å²) in [7, 11) is 1.59. The molecular weight excluding hydrogens is 316 g/mol. The van der Waals surface area contributed by atoms with Crippen molar-refractivity contribution in [1.82, 2.24) is 10.2 Å². The van der Waals surface area contributed by atoms with Crippen LogP contribution in [0.25, 0.3) is 0 Å². The normalized spacial score (nSPS) is 18.3. The van der Waals surface area contributed by atoms with Gasteiger partial charge in [0.2, 0.25) is 17.7 Å². The Morgan fingerprint density at radius 1 is 1.17 bits per heavy atom. The highest BCUT2D eigenvalue weighted by Crippen LogP contribution is 2.35. The zero-order valence-electron chi connectivity index (χ0n) is 14.9. The van der Waals surface area contributed by atoms with E-state index in [1.165, 1.54) is 0 Å². The van der Waals surface area contributed by atoms with Crippen LogP contribution in [0.5, 0.6) is 0 Å². The lowest BCUT2D eigenvalue weighted by Crippen LogP contribution is -2.42. The predicted octanol–water partition coefficient (Wildman–Crippen LogP) is 0.161. The molecule has 3 amide bonds. The molecule has 0 radical (unpaired) electrons. The van der Waals surface area contributed by atoms with Crippen molar-refractivity contribution in [2.45, 2.75) is 27.2 Å². The summed E-state index contributed by atoms with van der Waals surface area (Å²) in [5.41, 5.74) is -0.302. The Balaban J connectivity index is 2.23. The number of rotatable bonds is 10. The zero-order chi connectivity index (χ0) is 18.2. The average Bonchev–Trinajstić information content (AvgIpc) is 2.78. The third kappa shape index (κ3) is 6.54. The number of likely N-dealkylation sites (tertiary alicyclic amines) is 1. The molecule has 0 aromatic heterocycles. The Hall–Kier alpha value is -1.51. The van der Waals surface area contributed by atoms with Gasteiger partial charge in [0.15, 0.2) is 0 Å². The number of nitrogens with zero attached hydrogens (tertiary/aromatic N) is 1. The lowest BCUT2D eigenvalue weighted by molar-refractivity contribution is -0.144. The van der Waals surface area contributed by atoms with Crippen molar-refractivity contribution >= 4 is 17.7 Å². The van der Waals surface area contributed by atoms with Gasteiger partial charge >= 0.3 is 0 Å². The zero-order valence-corrected chi connectivity index (χ0v) is 14.9. The first kappa shape index (κ1) is 20.5. The van der Waals surface area contributed by atoms with Gasteiger partial charge in [-0.1, -0.05) is 20.8 Å². The van der Waals surface area contributed by atoms with E-state index in [2.05, 4.69) is 5.32 Å². The van der Waals surface area contributed by atoms with E-state index in [9.17, 15) is 14.4 Å². The quantitative estimate of drug-likeness (QED) is 0.345. The molecule has 1 unspecified atom stereocenters. The number of imide groups is 1. The molecule has 1 heterocycles. The Morgan fingerprint density at radius 3 is 2.38 bits per heavy atom. The standard InChI is InChI=1S/C16H28N2O6/c1-16(2,3)12-9-14(20)18(15(12)21)10-13(19)17-11-24-8-7-23-6-5-22-4/h12H,5-11H2,1-4H3,(H,17,19). The van der Waals surface area contributed by atoms with Crippen molar-refractivity contribution in [3.05, 3.63) is 0 Å². The molecule has 0 bridgehead atoms. The minimum atomic E-state index is -0.424. The van der Waals surface area contributed by atoms with Crippen LogP contribution in [0.4, 0.5) is 0 Å². The first-order valence-electron chi connectivity index (χ1n) is 8.02. The maximum atomic E-state index is 12.3. The molecule has 0 spiro atoms. The summed E-state index contributed by atoms with van der Waals surface area (Å²) < 4.78 is 15.2. The number of hydrogen-bond acceptors (Lipinski definition) is 6. The highest BCUT2D eigenvalue weighted by molar-refractivity contribution is 6.06. The van der Waals surface area contributed by atoms with Crippen LogP contribution in [0.15, 0.2) is 0 Å². The van der Waals surface area contributed by atoms with Gasteiger partial charge < -0.3 is 19.5 Å².